The molecule has 3 rings (SSSR count). The highest BCUT2D eigenvalue weighted by molar-refractivity contribution is 5.95. The molecule has 1 aliphatic heterocycles. The van der Waals surface area contributed by atoms with Gasteiger partial charge >= 0.3 is 0 Å². The smallest absolute Gasteiger partial charge is 0.254 e. The van der Waals surface area contributed by atoms with Crippen molar-refractivity contribution in [1.29, 1.82) is 0 Å². The Bertz CT molecular complexity index is 482. The molecule has 4 heteroatoms. The van der Waals surface area contributed by atoms with Crippen LogP contribution in [0, 0.1) is 0 Å². The van der Waals surface area contributed by atoms with Crippen LogP contribution >= 0.6 is 0 Å². The van der Waals surface area contributed by atoms with Crippen LogP contribution in [-0.4, -0.2) is 36.6 Å². The Morgan fingerprint density at radius 2 is 2.00 bits per heavy atom. The SMILES string of the molecule is CCN(C(=O)c1ccc2c(c1)OCCCO2)C1CC1. The highest BCUT2D eigenvalue weighted by atomic mass is 16.5. The molecule has 102 valence electrons. The van der Waals surface area contributed by atoms with E-state index >= 15 is 0 Å². The van der Waals surface area contributed by atoms with Crippen molar-refractivity contribution in [3.05, 3.63) is 23.8 Å². The topological polar surface area (TPSA) is 38.8 Å². The van der Waals surface area contributed by atoms with E-state index in [1.54, 1.807) is 0 Å². The van der Waals surface area contributed by atoms with Crippen LogP contribution in [-0.2, 0) is 0 Å². The predicted molar refractivity (Wildman–Crippen MR) is 71.8 cm³/mol. The van der Waals surface area contributed by atoms with Crippen molar-refractivity contribution in [2.45, 2.75) is 32.2 Å². The van der Waals surface area contributed by atoms with Crippen LogP contribution in [0.1, 0.15) is 36.5 Å². The summed E-state index contributed by atoms with van der Waals surface area (Å²) in [4.78, 5) is 14.4. The summed E-state index contributed by atoms with van der Waals surface area (Å²) in [6.45, 7) is 4.10. The van der Waals surface area contributed by atoms with Gasteiger partial charge in [0.05, 0.1) is 13.2 Å². The van der Waals surface area contributed by atoms with Crippen LogP contribution in [0.4, 0.5) is 0 Å². The van der Waals surface area contributed by atoms with E-state index in [-0.39, 0.29) is 5.91 Å². The maximum absolute atomic E-state index is 12.5. The molecule has 1 aromatic rings. The van der Waals surface area contributed by atoms with Gasteiger partial charge in [0.1, 0.15) is 0 Å². The first-order valence-corrected chi connectivity index (χ1v) is 7.00. The van der Waals surface area contributed by atoms with Crippen molar-refractivity contribution < 1.29 is 14.3 Å². The minimum absolute atomic E-state index is 0.0978. The van der Waals surface area contributed by atoms with Crippen LogP contribution < -0.4 is 9.47 Å². The molecular formula is C15H19NO3. The van der Waals surface area contributed by atoms with Crippen molar-refractivity contribution in [1.82, 2.24) is 4.90 Å². The number of carbonyl (C=O) groups is 1. The van der Waals surface area contributed by atoms with Gasteiger partial charge in [-0.05, 0) is 38.0 Å². The number of hydrogen-bond donors (Lipinski definition) is 0. The van der Waals surface area contributed by atoms with E-state index < -0.39 is 0 Å². The summed E-state index contributed by atoms with van der Waals surface area (Å²) in [7, 11) is 0. The zero-order valence-electron chi connectivity index (χ0n) is 11.2. The lowest BCUT2D eigenvalue weighted by Crippen LogP contribution is -2.32. The summed E-state index contributed by atoms with van der Waals surface area (Å²) in [5, 5.41) is 0. The molecule has 0 bridgehead atoms. The zero-order chi connectivity index (χ0) is 13.2. The molecule has 1 aromatic carbocycles. The Balaban J connectivity index is 1.84. The summed E-state index contributed by atoms with van der Waals surface area (Å²) in [5.74, 6) is 1.53. The Morgan fingerprint density at radius 1 is 1.26 bits per heavy atom. The summed E-state index contributed by atoms with van der Waals surface area (Å²) in [6, 6.07) is 5.93. The van der Waals surface area contributed by atoms with Gasteiger partial charge in [-0.3, -0.25) is 4.79 Å². The first-order chi connectivity index (χ1) is 9.29. The molecule has 0 radical (unpaired) electrons. The van der Waals surface area contributed by atoms with Gasteiger partial charge in [-0.1, -0.05) is 0 Å². The van der Waals surface area contributed by atoms with Crippen molar-refractivity contribution in [2.24, 2.45) is 0 Å². The highest BCUT2D eigenvalue weighted by Crippen LogP contribution is 2.32. The van der Waals surface area contributed by atoms with Gasteiger partial charge < -0.3 is 14.4 Å². The van der Waals surface area contributed by atoms with Crippen molar-refractivity contribution in [3.8, 4) is 11.5 Å². The number of rotatable bonds is 3. The molecule has 19 heavy (non-hydrogen) atoms. The number of fused-ring (bicyclic) bond motifs is 1. The van der Waals surface area contributed by atoms with E-state index in [1.165, 1.54) is 0 Å². The lowest BCUT2D eigenvalue weighted by atomic mass is 10.1. The first kappa shape index (κ1) is 12.3. The number of carbonyl (C=O) groups excluding carboxylic acids is 1. The van der Waals surface area contributed by atoms with Crippen LogP contribution in [0.25, 0.3) is 0 Å². The van der Waals surface area contributed by atoms with E-state index in [0.29, 0.717) is 30.6 Å². The number of ether oxygens (including phenoxy) is 2. The number of hydrogen-bond acceptors (Lipinski definition) is 3. The third-order valence-electron chi connectivity index (χ3n) is 3.58. The minimum Gasteiger partial charge on any atom is -0.490 e. The largest absolute Gasteiger partial charge is 0.490 e. The van der Waals surface area contributed by atoms with Gasteiger partial charge in [0.15, 0.2) is 11.5 Å². The Morgan fingerprint density at radius 3 is 2.68 bits per heavy atom. The van der Waals surface area contributed by atoms with Crippen LogP contribution in [0.2, 0.25) is 0 Å². The zero-order valence-corrected chi connectivity index (χ0v) is 11.2. The van der Waals surface area contributed by atoms with Gasteiger partial charge in [-0.25, -0.2) is 0 Å². The molecule has 1 amide bonds. The second kappa shape index (κ2) is 5.11. The summed E-state index contributed by atoms with van der Waals surface area (Å²) in [5.41, 5.74) is 0.693. The normalized spacial score (nSPS) is 17.7. The van der Waals surface area contributed by atoms with E-state index in [1.807, 2.05) is 30.0 Å². The maximum atomic E-state index is 12.5. The first-order valence-electron chi connectivity index (χ1n) is 7.00. The minimum atomic E-state index is 0.0978. The molecule has 0 spiro atoms. The van der Waals surface area contributed by atoms with Crippen molar-refractivity contribution in [2.75, 3.05) is 19.8 Å². The third-order valence-corrected chi connectivity index (χ3v) is 3.58. The number of amides is 1. The Kier molecular flexibility index (Phi) is 3.32. The fourth-order valence-electron chi connectivity index (χ4n) is 2.42. The second-order valence-corrected chi connectivity index (χ2v) is 5.03. The number of nitrogens with zero attached hydrogens (tertiary/aromatic N) is 1. The molecule has 1 aliphatic carbocycles. The van der Waals surface area contributed by atoms with Crippen LogP contribution in [0.3, 0.4) is 0 Å². The Labute approximate surface area is 113 Å². The fourth-order valence-corrected chi connectivity index (χ4v) is 2.42. The summed E-state index contributed by atoms with van der Waals surface area (Å²) in [6.07, 6.45) is 3.13. The van der Waals surface area contributed by atoms with E-state index in [2.05, 4.69) is 0 Å². The molecular weight excluding hydrogens is 242 g/mol. The van der Waals surface area contributed by atoms with Crippen molar-refractivity contribution in [3.63, 3.8) is 0 Å². The summed E-state index contributed by atoms with van der Waals surface area (Å²) < 4.78 is 11.2. The lowest BCUT2D eigenvalue weighted by molar-refractivity contribution is 0.0752. The Hall–Kier alpha value is -1.71. The molecule has 0 saturated heterocycles. The predicted octanol–water partition coefficient (Wildman–Crippen LogP) is 2.47. The van der Waals surface area contributed by atoms with Gasteiger partial charge in [0.25, 0.3) is 5.91 Å². The molecule has 1 heterocycles. The molecule has 0 unspecified atom stereocenters. The van der Waals surface area contributed by atoms with Gasteiger partial charge in [-0.15, -0.1) is 0 Å². The quantitative estimate of drug-likeness (QED) is 0.839. The molecule has 0 N–H and O–H groups in total. The van der Waals surface area contributed by atoms with E-state index in [0.717, 1.165) is 31.6 Å². The molecule has 1 fully saturated rings. The standard InChI is InChI=1S/C15H19NO3/c1-2-16(12-5-6-12)15(17)11-4-7-13-14(10-11)19-9-3-8-18-13/h4,7,10,12H,2-3,5-6,8-9H2,1H3. The third kappa shape index (κ3) is 2.53. The second-order valence-electron chi connectivity index (χ2n) is 5.03. The van der Waals surface area contributed by atoms with Gasteiger partial charge in [-0.2, -0.15) is 0 Å². The monoisotopic (exact) mass is 261 g/mol. The number of benzene rings is 1. The molecule has 2 aliphatic rings. The van der Waals surface area contributed by atoms with Crippen molar-refractivity contribution >= 4 is 5.91 Å². The average molecular weight is 261 g/mol. The molecule has 0 aromatic heterocycles. The van der Waals surface area contributed by atoms with Crippen LogP contribution in [0.15, 0.2) is 18.2 Å². The van der Waals surface area contributed by atoms with E-state index in [4.69, 9.17) is 9.47 Å². The maximum Gasteiger partial charge on any atom is 0.254 e. The molecule has 1 saturated carbocycles. The fraction of sp³-hybridized carbons (Fsp3) is 0.533. The molecule has 4 nitrogen and oxygen atoms in total. The van der Waals surface area contributed by atoms with Gasteiger partial charge in [0, 0.05) is 24.6 Å². The average Bonchev–Trinajstić information content (AvgIpc) is 3.25. The molecule has 0 atom stereocenters. The van der Waals surface area contributed by atoms with Gasteiger partial charge in [0.2, 0.25) is 0 Å². The highest BCUT2D eigenvalue weighted by Gasteiger charge is 2.32. The summed E-state index contributed by atoms with van der Waals surface area (Å²) >= 11 is 0. The van der Waals surface area contributed by atoms with Crippen LogP contribution in [0.5, 0.6) is 11.5 Å². The van der Waals surface area contributed by atoms with E-state index in [9.17, 15) is 4.79 Å². The lowest BCUT2D eigenvalue weighted by Gasteiger charge is -2.20.